The number of cyclic esters (lactones) is 1. The lowest BCUT2D eigenvalue weighted by Crippen LogP contribution is -2.44. The van der Waals surface area contributed by atoms with Gasteiger partial charge in [0.25, 0.3) is 0 Å². The van der Waals surface area contributed by atoms with Crippen molar-refractivity contribution in [3.05, 3.63) is 0 Å². The summed E-state index contributed by atoms with van der Waals surface area (Å²) in [6.45, 7) is 10.4. The predicted octanol–water partition coefficient (Wildman–Crippen LogP) is 1.42. The van der Waals surface area contributed by atoms with Gasteiger partial charge in [-0.15, -0.1) is 0 Å². The highest BCUT2D eigenvalue weighted by Crippen LogP contribution is 2.17. The van der Waals surface area contributed by atoms with Gasteiger partial charge < -0.3 is 20.5 Å². The van der Waals surface area contributed by atoms with E-state index in [1.807, 2.05) is 0 Å². The number of aliphatic hydroxyl groups is 1. The van der Waals surface area contributed by atoms with Crippen molar-refractivity contribution in [1.29, 1.82) is 0 Å². The molecule has 1 amide bonds. The van der Waals surface area contributed by atoms with Crippen molar-refractivity contribution in [2.45, 2.75) is 78.6 Å². The summed E-state index contributed by atoms with van der Waals surface area (Å²) in [5.41, 5.74) is 0. The van der Waals surface area contributed by atoms with E-state index < -0.39 is 29.9 Å². The summed E-state index contributed by atoms with van der Waals surface area (Å²) in [5, 5.41) is 16.6. The van der Waals surface area contributed by atoms with Crippen LogP contribution in [-0.2, 0) is 19.1 Å². The Bertz CT molecular complexity index is 507. The first-order chi connectivity index (χ1) is 12.6. The van der Waals surface area contributed by atoms with Crippen LogP contribution in [0.25, 0.3) is 0 Å². The Labute approximate surface area is 162 Å². The first-order valence-corrected chi connectivity index (χ1v) is 10.1. The van der Waals surface area contributed by atoms with Gasteiger partial charge >= 0.3 is 5.97 Å². The molecule has 1 rings (SSSR count). The Morgan fingerprint density at radius 2 is 1.74 bits per heavy atom. The summed E-state index contributed by atoms with van der Waals surface area (Å²) < 4.78 is 5.39. The van der Waals surface area contributed by atoms with Gasteiger partial charge in [0.2, 0.25) is 5.91 Å². The highest BCUT2D eigenvalue weighted by molar-refractivity contribution is 6.03. The van der Waals surface area contributed by atoms with Crippen LogP contribution in [0, 0.1) is 17.8 Å². The fraction of sp³-hybridized carbons (Fsp3) is 0.850. The number of esters is 1. The van der Waals surface area contributed by atoms with Crippen molar-refractivity contribution >= 4 is 17.7 Å². The average molecular weight is 385 g/mol. The van der Waals surface area contributed by atoms with Gasteiger partial charge in [0, 0.05) is 12.6 Å². The van der Waals surface area contributed by atoms with E-state index in [2.05, 4.69) is 24.5 Å². The second-order valence-electron chi connectivity index (χ2n) is 8.24. The summed E-state index contributed by atoms with van der Waals surface area (Å²) in [4.78, 5) is 37.2. The van der Waals surface area contributed by atoms with E-state index in [9.17, 15) is 19.5 Å². The Hall–Kier alpha value is -1.47. The molecule has 4 atom stereocenters. The number of nitrogens with one attached hydrogen (secondary N) is 2. The van der Waals surface area contributed by atoms with E-state index in [1.54, 1.807) is 13.8 Å². The van der Waals surface area contributed by atoms with Gasteiger partial charge in [0.05, 0.1) is 18.4 Å². The third-order valence-corrected chi connectivity index (χ3v) is 4.84. The van der Waals surface area contributed by atoms with Crippen molar-refractivity contribution in [2.75, 3.05) is 13.1 Å². The number of aliphatic hydroxyl groups excluding tert-OH is 1. The number of hydrogen-bond acceptors (Lipinski definition) is 6. The second kappa shape index (κ2) is 11.4. The molecule has 7 nitrogen and oxygen atoms in total. The Morgan fingerprint density at radius 3 is 2.33 bits per heavy atom. The molecule has 1 heterocycles. The zero-order valence-electron chi connectivity index (χ0n) is 17.3. The predicted molar refractivity (Wildman–Crippen MR) is 103 cm³/mol. The molecule has 0 aromatic heterocycles. The van der Waals surface area contributed by atoms with Crippen LogP contribution in [0.4, 0.5) is 0 Å². The zero-order valence-corrected chi connectivity index (χ0v) is 17.3. The van der Waals surface area contributed by atoms with Crippen molar-refractivity contribution in [1.82, 2.24) is 10.6 Å². The van der Waals surface area contributed by atoms with Crippen LogP contribution in [0.1, 0.15) is 60.3 Å². The largest absolute Gasteiger partial charge is 0.454 e. The highest BCUT2D eigenvalue weighted by atomic mass is 16.5. The van der Waals surface area contributed by atoms with Crippen molar-refractivity contribution in [2.24, 2.45) is 17.8 Å². The molecule has 1 unspecified atom stereocenters. The summed E-state index contributed by atoms with van der Waals surface area (Å²) in [6.07, 6.45) is 0.268. The molecule has 1 aliphatic heterocycles. The molecule has 0 spiro atoms. The number of rotatable bonds is 3. The van der Waals surface area contributed by atoms with Gasteiger partial charge in [-0.1, -0.05) is 27.7 Å². The van der Waals surface area contributed by atoms with E-state index in [0.717, 1.165) is 19.3 Å². The van der Waals surface area contributed by atoms with Gasteiger partial charge in [0.1, 0.15) is 0 Å². The Kier molecular flexibility index (Phi) is 9.94. The Morgan fingerprint density at radius 1 is 1.11 bits per heavy atom. The minimum Gasteiger partial charge on any atom is -0.454 e. The van der Waals surface area contributed by atoms with Crippen LogP contribution in [0.2, 0.25) is 0 Å². The fourth-order valence-corrected chi connectivity index (χ4v) is 3.19. The molecular formula is C20H36N2O5. The lowest BCUT2D eigenvalue weighted by atomic mass is 9.93. The van der Waals surface area contributed by atoms with Crippen LogP contribution in [0.5, 0.6) is 0 Å². The van der Waals surface area contributed by atoms with Crippen molar-refractivity contribution < 1.29 is 24.2 Å². The molecule has 0 radical (unpaired) electrons. The maximum absolute atomic E-state index is 12.7. The number of amides is 1. The standard InChI is InChI=1S/C20H36N2O5/c1-12(2)10-15-16(23)11-17(24)27-19(13(3)4)18(25)14(5)20(26)22-9-7-6-8-21-15/h12-16,19,21,23H,6-11H2,1-5H3,(H,22,26)/t14-,15?,16-,19-/m0/s1. The van der Waals surface area contributed by atoms with Crippen molar-refractivity contribution in [3.8, 4) is 0 Å². The van der Waals surface area contributed by atoms with E-state index in [1.165, 1.54) is 6.92 Å². The fourth-order valence-electron chi connectivity index (χ4n) is 3.19. The number of Topliss-reactive ketones (excluding diaryl/α,β-unsaturated/α-hetero) is 1. The highest BCUT2D eigenvalue weighted by Gasteiger charge is 2.34. The van der Waals surface area contributed by atoms with Gasteiger partial charge in [-0.25, -0.2) is 0 Å². The molecule has 0 aliphatic carbocycles. The monoisotopic (exact) mass is 384 g/mol. The number of ketones is 1. The van der Waals surface area contributed by atoms with Gasteiger partial charge in [-0.05, 0) is 44.6 Å². The average Bonchev–Trinajstić information content (AvgIpc) is 2.58. The lowest BCUT2D eigenvalue weighted by molar-refractivity contribution is -0.162. The quantitative estimate of drug-likeness (QED) is 0.502. The number of ether oxygens (including phenoxy) is 1. The van der Waals surface area contributed by atoms with Gasteiger partial charge in [0.15, 0.2) is 11.9 Å². The number of carbonyl (C=O) groups excluding carboxylic acids is 3. The lowest BCUT2D eigenvalue weighted by Gasteiger charge is -2.27. The minimum absolute atomic E-state index is 0.179. The Balaban J connectivity index is 2.96. The molecular weight excluding hydrogens is 348 g/mol. The van der Waals surface area contributed by atoms with E-state index in [-0.39, 0.29) is 24.3 Å². The van der Waals surface area contributed by atoms with Gasteiger partial charge in [-0.3, -0.25) is 14.4 Å². The zero-order chi connectivity index (χ0) is 20.6. The summed E-state index contributed by atoms with van der Waals surface area (Å²) in [7, 11) is 0. The normalized spacial score (nSPS) is 29.9. The summed E-state index contributed by atoms with van der Waals surface area (Å²) in [6, 6.07) is -0.218. The first-order valence-electron chi connectivity index (χ1n) is 10.1. The second-order valence-corrected chi connectivity index (χ2v) is 8.24. The third-order valence-electron chi connectivity index (χ3n) is 4.84. The van der Waals surface area contributed by atoms with E-state index >= 15 is 0 Å². The molecule has 27 heavy (non-hydrogen) atoms. The molecule has 1 aliphatic rings. The SMILES string of the molecule is CC(C)CC1NCCCCNC(=O)[C@@H](C)C(=O)[C@H](C(C)C)OC(=O)C[C@@H]1O. The summed E-state index contributed by atoms with van der Waals surface area (Å²) in [5.74, 6) is -2.14. The van der Waals surface area contributed by atoms with Gasteiger partial charge in [-0.2, -0.15) is 0 Å². The van der Waals surface area contributed by atoms with Crippen LogP contribution >= 0.6 is 0 Å². The third kappa shape index (κ3) is 7.97. The molecule has 0 aromatic carbocycles. The van der Waals surface area contributed by atoms with Crippen LogP contribution in [0.3, 0.4) is 0 Å². The van der Waals surface area contributed by atoms with E-state index in [0.29, 0.717) is 19.0 Å². The molecule has 7 heteroatoms. The summed E-state index contributed by atoms with van der Waals surface area (Å²) >= 11 is 0. The number of carbonyl (C=O) groups is 3. The van der Waals surface area contributed by atoms with Crippen LogP contribution in [0.15, 0.2) is 0 Å². The minimum atomic E-state index is -0.993. The van der Waals surface area contributed by atoms with Crippen molar-refractivity contribution in [3.63, 3.8) is 0 Å². The molecule has 156 valence electrons. The van der Waals surface area contributed by atoms with Crippen LogP contribution < -0.4 is 10.6 Å². The first kappa shape index (κ1) is 23.6. The molecule has 0 saturated carbocycles. The molecule has 1 fully saturated rings. The maximum Gasteiger partial charge on any atom is 0.309 e. The molecule has 0 aromatic rings. The number of hydrogen-bond donors (Lipinski definition) is 3. The topological polar surface area (TPSA) is 105 Å². The maximum atomic E-state index is 12.7. The molecule has 1 saturated heterocycles. The van der Waals surface area contributed by atoms with Crippen LogP contribution in [-0.4, -0.2) is 54.1 Å². The molecule has 0 bridgehead atoms. The van der Waals surface area contributed by atoms with E-state index in [4.69, 9.17) is 4.74 Å². The molecule has 3 N–H and O–H groups in total. The smallest absolute Gasteiger partial charge is 0.309 e.